The van der Waals surface area contributed by atoms with Crippen LogP contribution in [0, 0.1) is 22.0 Å². The van der Waals surface area contributed by atoms with Crippen molar-refractivity contribution in [1.29, 1.82) is 0 Å². The number of benzene rings is 2. The van der Waals surface area contributed by atoms with Crippen LogP contribution in [0.15, 0.2) is 48.5 Å². The molecule has 1 N–H and O–H groups in total. The van der Waals surface area contributed by atoms with Gasteiger partial charge in [0.1, 0.15) is 5.69 Å². The van der Waals surface area contributed by atoms with E-state index in [-0.39, 0.29) is 23.8 Å². The molecular formula is C23H27N3O5. The molecule has 2 aromatic carbocycles. The van der Waals surface area contributed by atoms with Crippen molar-refractivity contribution < 1.29 is 19.2 Å². The Morgan fingerprint density at radius 2 is 1.81 bits per heavy atom. The van der Waals surface area contributed by atoms with Crippen LogP contribution in [-0.4, -0.2) is 41.4 Å². The van der Waals surface area contributed by atoms with Crippen LogP contribution in [-0.2, 0) is 16.1 Å². The summed E-state index contributed by atoms with van der Waals surface area (Å²) in [7, 11) is 0. The van der Waals surface area contributed by atoms with Crippen molar-refractivity contribution in [1.82, 2.24) is 4.90 Å². The number of anilines is 1. The number of ether oxygens (including phenoxy) is 1. The molecule has 8 heteroatoms. The van der Waals surface area contributed by atoms with E-state index < -0.39 is 10.9 Å². The second-order valence-corrected chi connectivity index (χ2v) is 8.15. The summed E-state index contributed by atoms with van der Waals surface area (Å²) >= 11 is 0. The first-order valence-electron chi connectivity index (χ1n) is 10.3. The Hall–Kier alpha value is -3.42. The van der Waals surface area contributed by atoms with E-state index in [1.807, 2.05) is 30.3 Å². The maximum atomic E-state index is 12.4. The van der Waals surface area contributed by atoms with Gasteiger partial charge in [0, 0.05) is 25.7 Å². The average molecular weight is 425 g/mol. The molecule has 0 bridgehead atoms. The molecule has 8 nitrogen and oxygen atoms in total. The molecule has 0 saturated carbocycles. The highest BCUT2D eigenvalue weighted by atomic mass is 16.6. The molecule has 2 aromatic rings. The Morgan fingerprint density at radius 3 is 2.45 bits per heavy atom. The molecule has 164 valence electrons. The van der Waals surface area contributed by atoms with Crippen molar-refractivity contribution in [3.8, 4) is 0 Å². The highest BCUT2D eigenvalue weighted by Gasteiger charge is 2.26. The summed E-state index contributed by atoms with van der Waals surface area (Å²) < 4.78 is 5.14. The highest BCUT2D eigenvalue weighted by molar-refractivity contribution is 5.93. The largest absolute Gasteiger partial charge is 0.452 e. The van der Waals surface area contributed by atoms with Gasteiger partial charge in [-0.1, -0.05) is 44.2 Å². The first-order chi connectivity index (χ1) is 14.8. The number of nitrogens with one attached hydrogen (secondary N) is 1. The lowest BCUT2D eigenvalue weighted by Gasteiger charge is -2.34. The van der Waals surface area contributed by atoms with Crippen molar-refractivity contribution in [2.45, 2.75) is 26.8 Å². The van der Waals surface area contributed by atoms with Crippen LogP contribution in [0.5, 0.6) is 0 Å². The van der Waals surface area contributed by atoms with E-state index in [1.165, 1.54) is 18.2 Å². The number of likely N-dealkylation sites (tertiary alicyclic amines) is 1. The predicted molar refractivity (Wildman–Crippen MR) is 117 cm³/mol. The number of esters is 1. The number of rotatable bonds is 7. The van der Waals surface area contributed by atoms with Crippen LogP contribution < -0.4 is 5.32 Å². The number of piperidine rings is 1. The van der Waals surface area contributed by atoms with E-state index in [2.05, 4.69) is 19.2 Å². The Labute approximate surface area is 181 Å². The van der Waals surface area contributed by atoms with Gasteiger partial charge < -0.3 is 15.0 Å². The monoisotopic (exact) mass is 425 g/mol. The Morgan fingerprint density at radius 1 is 1.13 bits per heavy atom. The molecule has 1 heterocycles. The quantitative estimate of drug-likeness (QED) is 0.410. The molecule has 1 aliphatic rings. The topological polar surface area (TPSA) is 102 Å². The number of carbonyl (C=O) groups excluding carboxylic acids is 2. The third-order valence-corrected chi connectivity index (χ3v) is 5.30. The van der Waals surface area contributed by atoms with E-state index in [4.69, 9.17) is 4.74 Å². The second-order valence-electron chi connectivity index (χ2n) is 8.15. The molecule has 3 rings (SSSR count). The van der Waals surface area contributed by atoms with Gasteiger partial charge in [-0.25, -0.2) is 4.79 Å². The molecule has 2 atom stereocenters. The van der Waals surface area contributed by atoms with Gasteiger partial charge in [-0.15, -0.1) is 0 Å². The number of nitrogens with zero attached hydrogens (tertiary/aromatic N) is 2. The maximum Gasteiger partial charge on any atom is 0.338 e. The molecule has 1 aliphatic heterocycles. The third-order valence-electron chi connectivity index (χ3n) is 5.30. The van der Waals surface area contributed by atoms with Gasteiger partial charge in [-0.05, 0) is 36.0 Å². The zero-order valence-corrected chi connectivity index (χ0v) is 17.7. The van der Waals surface area contributed by atoms with Crippen molar-refractivity contribution in [3.05, 3.63) is 69.8 Å². The van der Waals surface area contributed by atoms with Crippen LogP contribution in [0.1, 0.15) is 36.2 Å². The van der Waals surface area contributed by atoms with Crippen LogP contribution in [0.3, 0.4) is 0 Å². The number of nitro groups is 1. The number of hydrogen-bond acceptors (Lipinski definition) is 6. The number of amides is 1. The second kappa shape index (κ2) is 10.1. The van der Waals surface area contributed by atoms with Crippen LogP contribution in [0.4, 0.5) is 11.4 Å². The summed E-state index contributed by atoms with van der Waals surface area (Å²) in [4.78, 5) is 37.5. The fourth-order valence-corrected chi connectivity index (χ4v) is 3.92. The lowest BCUT2D eigenvalue weighted by atomic mass is 9.92. The Balaban J connectivity index is 1.62. The van der Waals surface area contributed by atoms with Crippen LogP contribution in [0.2, 0.25) is 0 Å². The van der Waals surface area contributed by atoms with Crippen LogP contribution >= 0.6 is 0 Å². The lowest BCUT2D eigenvalue weighted by molar-refractivity contribution is -0.384. The predicted octanol–water partition coefficient (Wildman–Crippen LogP) is 3.87. The number of nitro benzene ring substituents is 1. The van der Waals surface area contributed by atoms with Crippen molar-refractivity contribution in [2.24, 2.45) is 11.8 Å². The minimum atomic E-state index is -0.760. The maximum absolute atomic E-state index is 12.4. The summed E-state index contributed by atoms with van der Waals surface area (Å²) in [6, 6.07) is 13.6. The summed E-state index contributed by atoms with van der Waals surface area (Å²) in [5.74, 6) is -0.199. The summed E-state index contributed by atoms with van der Waals surface area (Å²) in [5.41, 5.74) is 1.08. The molecule has 1 saturated heterocycles. The molecule has 1 fully saturated rings. The van der Waals surface area contributed by atoms with Gasteiger partial charge in [-0.2, -0.15) is 0 Å². The standard InChI is InChI=1S/C23H27N3O5/c1-16-10-17(2)14-25(13-16)22(27)15-31-23(28)19-8-9-20(21(11-19)26(29)30)24-12-18-6-4-3-5-7-18/h3-9,11,16-17,24H,10,12-15H2,1-2H3/t16-,17+. The number of carbonyl (C=O) groups is 2. The normalized spacial score (nSPS) is 18.3. The van der Waals surface area contributed by atoms with Gasteiger partial charge in [-0.3, -0.25) is 14.9 Å². The van der Waals surface area contributed by atoms with Gasteiger partial charge >= 0.3 is 5.97 Å². The van der Waals surface area contributed by atoms with Crippen molar-refractivity contribution >= 4 is 23.3 Å². The minimum Gasteiger partial charge on any atom is -0.452 e. The average Bonchev–Trinajstić information content (AvgIpc) is 2.75. The van der Waals surface area contributed by atoms with E-state index in [0.717, 1.165) is 12.0 Å². The molecule has 31 heavy (non-hydrogen) atoms. The summed E-state index contributed by atoms with van der Waals surface area (Å²) in [6.07, 6.45) is 1.07. The van der Waals surface area contributed by atoms with E-state index in [1.54, 1.807) is 4.90 Å². The Kier molecular flexibility index (Phi) is 7.23. The SMILES string of the molecule is C[C@@H]1C[C@H](C)CN(C(=O)COC(=O)c2ccc(NCc3ccccc3)c([N+](=O)[O-])c2)C1. The first-order valence-corrected chi connectivity index (χ1v) is 10.3. The molecule has 1 amide bonds. The molecule has 0 radical (unpaired) electrons. The van der Waals surface area contributed by atoms with Gasteiger partial charge in [0.25, 0.3) is 11.6 Å². The molecule has 0 aromatic heterocycles. The van der Waals surface area contributed by atoms with Gasteiger partial charge in [0.05, 0.1) is 10.5 Å². The fourth-order valence-electron chi connectivity index (χ4n) is 3.92. The van der Waals surface area contributed by atoms with Crippen molar-refractivity contribution in [2.75, 3.05) is 25.0 Å². The molecular weight excluding hydrogens is 398 g/mol. The van der Waals surface area contributed by atoms with E-state index in [0.29, 0.717) is 37.2 Å². The molecule has 0 aliphatic carbocycles. The number of hydrogen-bond donors (Lipinski definition) is 1. The van der Waals surface area contributed by atoms with Crippen LogP contribution in [0.25, 0.3) is 0 Å². The lowest BCUT2D eigenvalue weighted by Crippen LogP contribution is -2.44. The van der Waals surface area contributed by atoms with E-state index >= 15 is 0 Å². The smallest absolute Gasteiger partial charge is 0.338 e. The van der Waals surface area contributed by atoms with E-state index in [9.17, 15) is 19.7 Å². The Bertz CT molecular complexity index is 937. The zero-order valence-electron chi connectivity index (χ0n) is 17.7. The summed E-state index contributed by atoms with van der Waals surface area (Å²) in [5, 5.41) is 14.5. The summed E-state index contributed by atoms with van der Waals surface area (Å²) in [6.45, 7) is 5.51. The molecule has 0 spiro atoms. The molecule has 0 unspecified atom stereocenters. The fraction of sp³-hybridized carbons (Fsp3) is 0.391. The zero-order chi connectivity index (χ0) is 22.4. The first kappa shape index (κ1) is 22.3. The van der Waals surface area contributed by atoms with Gasteiger partial charge in [0.2, 0.25) is 0 Å². The van der Waals surface area contributed by atoms with Crippen molar-refractivity contribution in [3.63, 3.8) is 0 Å². The third kappa shape index (κ3) is 6.04. The minimum absolute atomic E-state index is 0.0325. The highest BCUT2D eigenvalue weighted by Crippen LogP contribution is 2.27. The van der Waals surface area contributed by atoms with Gasteiger partial charge in [0.15, 0.2) is 6.61 Å².